The summed E-state index contributed by atoms with van der Waals surface area (Å²) in [6.07, 6.45) is -3.30. The molecule has 0 aliphatic carbocycles. The van der Waals surface area contributed by atoms with Crippen LogP contribution in [0.1, 0.15) is 12.8 Å². The van der Waals surface area contributed by atoms with Crippen molar-refractivity contribution in [1.82, 2.24) is 10.2 Å². The summed E-state index contributed by atoms with van der Waals surface area (Å²) >= 11 is 11.8. The maximum Gasteiger partial charge on any atom is 0.405 e. The SMILES string of the molecule is O=C(CN1CCCC1C(=O)Nc1ccc(Cl)cc1Cl)NCC(F)(F)F. The number of carbonyl (C=O) groups excluding carboxylic acids is 2. The first-order valence-corrected chi connectivity index (χ1v) is 8.25. The number of amides is 2. The topological polar surface area (TPSA) is 61.4 Å². The number of hydrogen-bond donors (Lipinski definition) is 2. The minimum atomic E-state index is -4.47. The van der Waals surface area contributed by atoms with Gasteiger partial charge in [-0.1, -0.05) is 23.2 Å². The molecule has 0 radical (unpaired) electrons. The van der Waals surface area contributed by atoms with E-state index in [-0.39, 0.29) is 17.5 Å². The van der Waals surface area contributed by atoms with Crippen molar-refractivity contribution in [2.75, 3.05) is 25.0 Å². The molecule has 10 heteroatoms. The Kier molecular flexibility index (Phi) is 6.53. The second kappa shape index (κ2) is 8.25. The van der Waals surface area contributed by atoms with Crippen LogP contribution >= 0.6 is 23.2 Å². The molecule has 1 aliphatic rings. The number of alkyl halides is 3. The Hall–Kier alpha value is -1.51. The van der Waals surface area contributed by atoms with E-state index in [4.69, 9.17) is 23.2 Å². The summed E-state index contributed by atoms with van der Waals surface area (Å²) in [4.78, 5) is 25.6. The first-order chi connectivity index (χ1) is 11.7. The van der Waals surface area contributed by atoms with Crippen LogP contribution in [-0.2, 0) is 9.59 Å². The molecule has 0 spiro atoms. The molecule has 25 heavy (non-hydrogen) atoms. The van der Waals surface area contributed by atoms with Gasteiger partial charge in [-0.25, -0.2) is 0 Å². The van der Waals surface area contributed by atoms with Gasteiger partial charge in [0.1, 0.15) is 6.54 Å². The van der Waals surface area contributed by atoms with Crippen molar-refractivity contribution in [3.63, 3.8) is 0 Å². The Morgan fingerprint density at radius 3 is 2.64 bits per heavy atom. The summed E-state index contributed by atoms with van der Waals surface area (Å²) in [5, 5.41) is 5.15. The summed E-state index contributed by atoms with van der Waals surface area (Å²) in [6.45, 7) is -1.22. The molecule has 0 aromatic heterocycles. The molecule has 1 aromatic rings. The van der Waals surface area contributed by atoms with Crippen LogP contribution in [0.4, 0.5) is 18.9 Å². The highest BCUT2D eigenvalue weighted by Crippen LogP contribution is 2.26. The second-order valence-corrected chi connectivity index (χ2v) is 6.48. The van der Waals surface area contributed by atoms with Gasteiger partial charge in [0, 0.05) is 5.02 Å². The molecule has 5 nitrogen and oxygen atoms in total. The van der Waals surface area contributed by atoms with Gasteiger partial charge in [-0.05, 0) is 37.6 Å². The third kappa shape index (κ3) is 6.05. The lowest BCUT2D eigenvalue weighted by Gasteiger charge is -2.23. The van der Waals surface area contributed by atoms with Crippen molar-refractivity contribution in [2.24, 2.45) is 0 Å². The van der Waals surface area contributed by atoms with E-state index in [1.165, 1.54) is 6.07 Å². The molecule has 1 aromatic carbocycles. The van der Waals surface area contributed by atoms with E-state index >= 15 is 0 Å². The normalized spacial score (nSPS) is 18.2. The van der Waals surface area contributed by atoms with Gasteiger partial charge in [0.05, 0.1) is 23.3 Å². The molecule has 1 unspecified atom stereocenters. The number of anilines is 1. The van der Waals surface area contributed by atoms with Crippen LogP contribution in [0.25, 0.3) is 0 Å². The van der Waals surface area contributed by atoms with E-state index in [1.807, 2.05) is 0 Å². The van der Waals surface area contributed by atoms with Gasteiger partial charge in [-0.2, -0.15) is 13.2 Å². The lowest BCUT2D eigenvalue weighted by atomic mass is 10.2. The zero-order valence-electron chi connectivity index (χ0n) is 13.0. The fraction of sp³-hybridized carbons (Fsp3) is 0.467. The fourth-order valence-corrected chi connectivity index (χ4v) is 3.01. The third-order valence-electron chi connectivity index (χ3n) is 3.69. The van der Waals surface area contributed by atoms with Crippen LogP contribution in [0.5, 0.6) is 0 Å². The van der Waals surface area contributed by atoms with Crippen molar-refractivity contribution < 1.29 is 22.8 Å². The summed E-state index contributed by atoms with van der Waals surface area (Å²) < 4.78 is 36.4. The molecule has 1 aliphatic heterocycles. The quantitative estimate of drug-likeness (QED) is 0.802. The number of benzene rings is 1. The van der Waals surface area contributed by atoms with E-state index < -0.39 is 24.7 Å². The molecule has 2 N–H and O–H groups in total. The number of rotatable bonds is 5. The first kappa shape index (κ1) is 19.8. The van der Waals surface area contributed by atoms with Crippen molar-refractivity contribution in [3.8, 4) is 0 Å². The van der Waals surface area contributed by atoms with E-state index in [2.05, 4.69) is 5.32 Å². The number of nitrogens with zero attached hydrogens (tertiary/aromatic N) is 1. The van der Waals surface area contributed by atoms with E-state index in [9.17, 15) is 22.8 Å². The Morgan fingerprint density at radius 1 is 1.28 bits per heavy atom. The lowest BCUT2D eigenvalue weighted by Crippen LogP contribution is -2.46. The lowest BCUT2D eigenvalue weighted by molar-refractivity contribution is -0.139. The van der Waals surface area contributed by atoms with Crippen LogP contribution in [0.15, 0.2) is 18.2 Å². The van der Waals surface area contributed by atoms with Gasteiger partial charge in [0.15, 0.2) is 0 Å². The number of hydrogen-bond acceptors (Lipinski definition) is 3. The molecule has 1 atom stereocenters. The maximum absolute atomic E-state index is 12.4. The largest absolute Gasteiger partial charge is 0.405 e. The number of halogens is 5. The van der Waals surface area contributed by atoms with Crippen molar-refractivity contribution in [2.45, 2.75) is 25.1 Å². The molecule has 138 valence electrons. The Bertz CT molecular complexity index is 655. The Balaban J connectivity index is 1.93. The van der Waals surface area contributed by atoms with E-state index in [1.54, 1.807) is 22.3 Å². The standard InChI is InChI=1S/C15H16Cl2F3N3O2/c16-9-3-4-11(10(17)6-9)22-14(25)12-2-1-5-23(12)7-13(24)21-8-15(18,19)20/h3-4,6,12H,1-2,5,7-8H2,(H,21,24)(H,22,25). The van der Waals surface area contributed by atoms with Crippen molar-refractivity contribution in [3.05, 3.63) is 28.2 Å². The highest BCUT2D eigenvalue weighted by molar-refractivity contribution is 6.36. The van der Waals surface area contributed by atoms with Gasteiger partial charge < -0.3 is 10.6 Å². The molecule has 0 saturated carbocycles. The number of likely N-dealkylation sites (tertiary alicyclic amines) is 1. The molecule has 2 amide bonds. The van der Waals surface area contributed by atoms with Gasteiger partial charge in [-0.15, -0.1) is 0 Å². The Morgan fingerprint density at radius 2 is 2.00 bits per heavy atom. The van der Waals surface area contributed by atoms with Crippen LogP contribution in [0.3, 0.4) is 0 Å². The molecule has 1 heterocycles. The minimum absolute atomic E-state index is 0.272. The van der Waals surface area contributed by atoms with Gasteiger partial charge >= 0.3 is 6.18 Å². The van der Waals surface area contributed by atoms with E-state index in [0.717, 1.165) is 0 Å². The third-order valence-corrected chi connectivity index (χ3v) is 4.24. The van der Waals surface area contributed by atoms with Crippen LogP contribution in [0, 0.1) is 0 Å². The smallest absolute Gasteiger partial charge is 0.346 e. The summed E-state index contributed by atoms with van der Waals surface area (Å²) in [5.41, 5.74) is 0.379. The average molecular weight is 398 g/mol. The minimum Gasteiger partial charge on any atom is -0.346 e. The highest BCUT2D eigenvalue weighted by Gasteiger charge is 2.33. The van der Waals surface area contributed by atoms with Gasteiger partial charge in [-0.3, -0.25) is 14.5 Å². The molecular weight excluding hydrogens is 382 g/mol. The monoisotopic (exact) mass is 397 g/mol. The van der Waals surface area contributed by atoms with E-state index in [0.29, 0.717) is 30.1 Å². The second-order valence-electron chi connectivity index (χ2n) is 5.63. The molecule has 1 fully saturated rings. The predicted molar refractivity (Wildman–Crippen MR) is 88.8 cm³/mol. The first-order valence-electron chi connectivity index (χ1n) is 7.49. The van der Waals surface area contributed by atoms with Gasteiger partial charge in [0.2, 0.25) is 11.8 Å². The van der Waals surface area contributed by atoms with Crippen molar-refractivity contribution in [1.29, 1.82) is 0 Å². The van der Waals surface area contributed by atoms with Crippen molar-refractivity contribution >= 4 is 40.7 Å². The maximum atomic E-state index is 12.4. The zero-order valence-corrected chi connectivity index (χ0v) is 14.5. The molecule has 1 saturated heterocycles. The average Bonchev–Trinajstić information content (AvgIpc) is 2.95. The number of carbonyl (C=O) groups is 2. The molecular formula is C15H16Cl2F3N3O2. The molecule has 0 bridgehead atoms. The summed E-state index contributed by atoms with van der Waals surface area (Å²) in [5.74, 6) is -1.15. The summed E-state index contributed by atoms with van der Waals surface area (Å²) in [7, 11) is 0. The summed E-state index contributed by atoms with van der Waals surface area (Å²) in [6, 6.07) is 4.00. The van der Waals surface area contributed by atoms with Gasteiger partial charge in [0.25, 0.3) is 0 Å². The Labute approximate surface area is 152 Å². The van der Waals surface area contributed by atoms with Crippen LogP contribution in [0.2, 0.25) is 10.0 Å². The highest BCUT2D eigenvalue weighted by atomic mass is 35.5. The van der Waals surface area contributed by atoms with Crippen LogP contribution in [-0.4, -0.2) is 48.6 Å². The predicted octanol–water partition coefficient (Wildman–Crippen LogP) is 3.07. The fourth-order valence-electron chi connectivity index (χ4n) is 2.56. The molecule has 2 rings (SSSR count). The number of nitrogens with one attached hydrogen (secondary N) is 2. The van der Waals surface area contributed by atoms with Crippen LogP contribution < -0.4 is 10.6 Å². The zero-order chi connectivity index (χ0) is 18.6.